The Labute approximate surface area is 116 Å². The molecule has 2 aromatic carbocycles. The maximum absolute atomic E-state index is 13.6. The molecule has 0 aliphatic carbocycles. The van der Waals surface area contributed by atoms with Crippen molar-refractivity contribution in [1.29, 1.82) is 0 Å². The topological polar surface area (TPSA) is 17.1 Å². The number of benzene rings is 2. The largest absolute Gasteiger partial charge is 0.289 e. The number of hydrogen-bond donors (Lipinski definition) is 0. The summed E-state index contributed by atoms with van der Waals surface area (Å²) in [6, 6.07) is 13.4. The van der Waals surface area contributed by atoms with Gasteiger partial charge in [0.05, 0.1) is 5.56 Å². The smallest absolute Gasteiger partial charge is 0.189 e. The zero-order chi connectivity index (χ0) is 13.8. The SMILES string of the molecule is CC(=CC(=O)c1cc(Cl)ccc1F)c1ccccc1. The minimum Gasteiger partial charge on any atom is -0.289 e. The van der Waals surface area contributed by atoms with Crippen molar-refractivity contribution in [2.24, 2.45) is 0 Å². The number of carbonyl (C=O) groups is 1. The van der Waals surface area contributed by atoms with Crippen molar-refractivity contribution < 1.29 is 9.18 Å². The van der Waals surface area contributed by atoms with E-state index in [0.29, 0.717) is 5.02 Å². The molecule has 19 heavy (non-hydrogen) atoms. The van der Waals surface area contributed by atoms with Gasteiger partial charge in [-0.3, -0.25) is 4.79 Å². The van der Waals surface area contributed by atoms with E-state index in [-0.39, 0.29) is 11.3 Å². The van der Waals surface area contributed by atoms with Crippen LogP contribution in [0.25, 0.3) is 5.57 Å². The van der Waals surface area contributed by atoms with Gasteiger partial charge in [-0.15, -0.1) is 0 Å². The number of ketones is 1. The number of halogens is 2. The van der Waals surface area contributed by atoms with Crippen LogP contribution in [0.5, 0.6) is 0 Å². The zero-order valence-electron chi connectivity index (χ0n) is 10.4. The quantitative estimate of drug-likeness (QED) is 0.582. The monoisotopic (exact) mass is 274 g/mol. The lowest BCUT2D eigenvalue weighted by Gasteiger charge is -2.03. The van der Waals surface area contributed by atoms with Gasteiger partial charge in [-0.25, -0.2) is 4.39 Å². The first-order chi connectivity index (χ1) is 9.08. The van der Waals surface area contributed by atoms with Crippen molar-refractivity contribution in [3.8, 4) is 0 Å². The molecular weight excluding hydrogens is 263 g/mol. The maximum atomic E-state index is 13.6. The van der Waals surface area contributed by atoms with Gasteiger partial charge in [-0.1, -0.05) is 41.9 Å². The Morgan fingerprint density at radius 3 is 2.53 bits per heavy atom. The number of rotatable bonds is 3. The van der Waals surface area contributed by atoms with E-state index in [1.54, 1.807) is 0 Å². The number of carbonyl (C=O) groups excluding carboxylic acids is 1. The van der Waals surface area contributed by atoms with Crippen molar-refractivity contribution in [2.75, 3.05) is 0 Å². The van der Waals surface area contributed by atoms with Crippen molar-refractivity contribution in [3.63, 3.8) is 0 Å². The predicted molar refractivity (Wildman–Crippen MR) is 75.8 cm³/mol. The van der Waals surface area contributed by atoms with Crippen LogP contribution in [0.15, 0.2) is 54.6 Å². The average Bonchev–Trinajstić information content (AvgIpc) is 2.42. The van der Waals surface area contributed by atoms with E-state index in [0.717, 1.165) is 11.1 Å². The highest BCUT2D eigenvalue weighted by Crippen LogP contribution is 2.18. The van der Waals surface area contributed by atoms with E-state index in [1.165, 1.54) is 24.3 Å². The molecule has 0 unspecified atom stereocenters. The second kappa shape index (κ2) is 5.81. The lowest BCUT2D eigenvalue weighted by Crippen LogP contribution is -1.99. The molecule has 0 bridgehead atoms. The molecule has 0 aliphatic heterocycles. The van der Waals surface area contributed by atoms with Crippen molar-refractivity contribution >= 4 is 23.0 Å². The van der Waals surface area contributed by atoms with Crippen LogP contribution < -0.4 is 0 Å². The van der Waals surface area contributed by atoms with Gasteiger partial charge in [0.15, 0.2) is 5.78 Å². The molecule has 1 nitrogen and oxygen atoms in total. The first kappa shape index (κ1) is 13.5. The van der Waals surface area contributed by atoms with Crippen molar-refractivity contribution in [3.05, 3.63) is 76.6 Å². The molecule has 96 valence electrons. The minimum absolute atomic E-state index is 0.0113. The fourth-order valence-corrected chi connectivity index (χ4v) is 1.92. The van der Waals surface area contributed by atoms with Gasteiger partial charge < -0.3 is 0 Å². The summed E-state index contributed by atoms with van der Waals surface area (Å²) in [6.45, 7) is 1.82. The zero-order valence-corrected chi connectivity index (χ0v) is 11.1. The van der Waals surface area contributed by atoms with Crippen LogP contribution in [0.1, 0.15) is 22.8 Å². The summed E-state index contributed by atoms with van der Waals surface area (Å²) in [5.41, 5.74) is 1.70. The highest BCUT2D eigenvalue weighted by Gasteiger charge is 2.10. The summed E-state index contributed by atoms with van der Waals surface area (Å²) >= 11 is 5.77. The van der Waals surface area contributed by atoms with Gasteiger partial charge in [0, 0.05) is 5.02 Å². The van der Waals surface area contributed by atoms with Gasteiger partial charge in [0.25, 0.3) is 0 Å². The third-order valence-corrected chi connectivity index (χ3v) is 3.01. The standard InChI is InChI=1S/C16H12ClFO/c1-11(12-5-3-2-4-6-12)9-16(19)14-10-13(17)7-8-15(14)18/h2-10H,1H3. The Morgan fingerprint density at radius 2 is 1.84 bits per heavy atom. The van der Waals surface area contributed by atoms with Gasteiger partial charge in [0.1, 0.15) is 5.82 Å². The molecule has 2 rings (SSSR count). The molecule has 0 aromatic heterocycles. The normalized spacial score (nSPS) is 11.4. The van der Waals surface area contributed by atoms with Crippen LogP contribution in [0.2, 0.25) is 5.02 Å². The lowest BCUT2D eigenvalue weighted by molar-refractivity contribution is 0.104. The molecule has 0 fully saturated rings. The van der Waals surface area contributed by atoms with E-state index in [1.807, 2.05) is 37.3 Å². The predicted octanol–water partition coefficient (Wildman–Crippen LogP) is 4.77. The number of allylic oxidation sites excluding steroid dienone is 2. The second-order valence-electron chi connectivity index (χ2n) is 4.18. The summed E-state index contributed by atoms with van der Waals surface area (Å²) in [5.74, 6) is -0.951. The first-order valence-electron chi connectivity index (χ1n) is 5.81. The molecule has 0 amide bonds. The Kier molecular flexibility index (Phi) is 4.13. The second-order valence-corrected chi connectivity index (χ2v) is 4.62. The van der Waals surface area contributed by atoms with E-state index in [4.69, 9.17) is 11.6 Å². The molecule has 0 spiro atoms. The third-order valence-electron chi connectivity index (χ3n) is 2.77. The van der Waals surface area contributed by atoms with Gasteiger partial charge >= 0.3 is 0 Å². The fraction of sp³-hybridized carbons (Fsp3) is 0.0625. The molecule has 2 aromatic rings. The molecule has 0 saturated carbocycles. The number of hydrogen-bond acceptors (Lipinski definition) is 1. The Balaban J connectivity index is 2.33. The summed E-state index contributed by atoms with van der Waals surface area (Å²) in [4.78, 5) is 12.0. The lowest BCUT2D eigenvalue weighted by atomic mass is 10.0. The molecule has 3 heteroatoms. The van der Waals surface area contributed by atoms with Crippen LogP contribution in [0.3, 0.4) is 0 Å². The third kappa shape index (κ3) is 3.30. The average molecular weight is 275 g/mol. The minimum atomic E-state index is -0.563. The molecule has 0 N–H and O–H groups in total. The molecule has 0 heterocycles. The summed E-state index contributed by atoms with van der Waals surface area (Å²) < 4.78 is 13.6. The van der Waals surface area contributed by atoms with E-state index in [9.17, 15) is 9.18 Å². The van der Waals surface area contributed by atoms with Crippen LogP contribution in [0.4, 0.5) is 4.39 Å². The van der Waals surface area contributed by atoms with Crippen LogP contribution in [0, 0.1) is 5.82 Å². The van der Waals surface area contributed by atoms with Crippen molar-refractivity contribution in [2.45, 2.75) is 6.92 Å². The van der Waals surface area contributed by atoms with Crippen LogP contribution in [-0.2, 0) is 0 Å². The van der Waals surface area contributed by atoms with Crippen molar-refractivity contribution in [1.82, 2.24) is 0 Å². The van der Waals surface area contributed by atoms with E-state index >= 15 is 0 Å². The highest BCUT2D eigenvalue weighted by molar-refractivity contribution is 6.31. The maximum Gasteiger partial charge on any atom is 0.189 e. The van der Waals surface area contributed by atoms with Crippen LogP contribution in [-0.4, -0.2) is 5.78 Å². The summed E-state index contributed by atoms with van der Waals surface area (Å²) in [5, 5.41) is 0.343. The van der Waals surface area contributed by atoms with E-state index < -0.39 is 5.82 Å². The summed E-state index contributed by atoms with van der Waals surface area (Å²) in [7, 11) is 0. The summed E-state index contributed by atoms with van der Waals surface area (Å²) in [6.07, 6.45) is 1.42. The van der Waals surface area contributed by atoms with Gasteiger partial charge in [0.2, 0.25) is 0 Å². The van der Waals surface area contributed by atoms with Crippen LogP contribution >= 0.6 is 11.6 Å². The van der Waals surface area contributed by atoms with E-state index in [2.05, 4.69) is 0 Å². The molecular formula is C16H12ClFO. The molecule has 0 aliphatic rings. The fourth-order valence-electron chi connectivity index (χ4n) is 1.75. The Bertz CT molecular complexity index is 632. The molecule has 0 saturated heterocycles. The first-order valence-corrected chi connectivity index (χ1v) is 6.19. The van der Waals surface area contributed by atoms with Gasteiger partial charge in [-0.05, 0) is 42.3 Å². The van der Waals surface area contributed by atoms with Gasteiger partial charge in [-0.2, -0.15) is 0 Å². The highest BCUT2D eigenvalue weighted by atomic mass is 35.5. The Morgan fingerprint density at radius 1 is 1.16 bits per heavy atom. The Hall–Kier alpha value is -1.93. The molecule has 0 radical (unpaired) electrons. The molecule has 0 atom stereocenters.